The molecule has 1 N–H and O–H groups in total. The van der Waals surface area contributed by atoms with Crippen LogP contribution >= 0.6 is 0 Å². The number of rotatable bonds is 9. The summed E-state index contributed by atoms with van der Waals surface area (Å²) >= 11 is 0. The van der Waals surface area contributed by atoms with E-state index in [0.29, 0.717) is 24.7 Å². The summed E-state index contributed by atoms with van der Waals surface area (Å²) in [5.74, 6) is 2.40. The predicted molar refractivity (Wildman–Crippen MR) is 93.2 cm³/mol. The number of carbonyl (C=O) groups is 1. The third kappa shape index (κ3) is 4.23. The fourth-order valence-electron chi connectivity index (χ4n) is 4.29. The van der Waals surface area contributed by atoms with Gasteiger partial charge in [0.15, 0.2) is 0 Å². The van der Waals surface area contributed by atoms with E-state index in [2.05, 4.69) is 25.1 Å². The maximum absolute atomic E-state index is 11.3. The molecule has 0 aliphatic heterocycles. The Labute approximate surface area is 149 Å². The molecule has 3 rings (SSSR count). The highest BCUT2D eigenvalue weighted by Gasteiger charge is 2.41. The first-order chi connectivity index (χ1) is 12.0. The van der Waals surface area contributed by atoms with E-state index in [1.165, 1.54) is 12.0 Å². The number of carboxylic acid groups (broad SMARTS) is 1. The number of carboxylic acids is 1. The number of aromatic nitrogens is 1. The van der Waals surface area contributed by atoms with Gasteiger partial charge < -0.3 is 9.63 Å². The van der Waals surface area contributed by atoms with Crippen molar-refractivity contribution in [1.82, 2.24) is 5.16 Å². The van der Waals surface area contributed by atoms with Gasteiger partial charge in [0, 0.05) is 23.8 Å². The van der Waals surface area contributed by atoms with E-state index in [-0.39, 0.29) is 12.3 Å². The van der Waals surface area contributed by atoms with Gasteiger partial charge in [0.25, 0.3) is 0 Å². The van der Waals surface area contributed by atoms with E-state index >= 15 is 0 Å². The third-order valence-electron chi connectivity index (χ3n) is 5.59. The first-order valence-corrected chi connectivity index (χ1v) is 9.57. The maximum Gasteiger partial charge on any atom is 0.304 e. The Morgan fingerprint density at radius 3 is 2.64 bits per heavy atom. The summed E-state index contributed by atoms with van der Waals surface area (Å²) < 4.78 is 5.77. The molecule has 2 aliphatic carbocycles. The van der Waals surface area contributed by atoms with Crippen molar-refractivity contribution in [2.75, 3.05) is 0 Å². The van der Waals surface area contributed by atoms with Gasteiger partial charge in [-0.1, -0.05) is 19.0 Å². The molecule has 2 saturated carbocycles. The minimum absolute atomic E-state index is 0.0218. The topological polar surface area (TPSA) is 87.1 Å². The Morgan fingerprint density at radius 2 is 2.08 bits per heavy atom. The lowest BCUT2D eigenvalue weighted by molar-refractivity contribution is -0.137. The number of hydrogen-bond acceptors (Lipinski definition) is 4. The van der Waals surface area contributed by atoms with Crippen LogP contribution < -0.4 is 0 Å². The predicted octanol–water partition coefficient (Wildman–Crippen LogP) is 4.95. The van der Waals surface area contributed by atoms with E-state index < -0.39 is 5.97 Å². The zero-order valence-corrected chi connectivity index (χ0v) is 15.2. The van der Waals surface area contributed by atoms with Gasteiger partial charge in [-0.3, -0.25) is 4.79 Å². The summed E-state index contributed by atoms with van der Waals surface area (Å²) in [6, 6.07) is 2.13. The molecule has 25 heavy (non-hydrogen) atoms. The Bertz CT molecular complexity index is 648. The van der Waals surface area contributed by atoms with Gasteiger partial charge in [-0.25, -0.2) is 0 Å². The molecule has 1 heterocycles. The van der Waals surface area contributed by atoms with Crippen LogP contribution in [0.25, 0.3) is 0 Å². The highest BCUT2D eigenvalue weighted by atomic mass is 16.5. The van der Waals surface area contributed by atoms with Crippen LogP contribution in [0.15, 0.2) is 4.52 Å². The molecule has 0 spiro atoms. The van der Waals surface area contributed by atoms with Crippen molar-refractivity contribution in [2.45, 2.75) is 83.0 Å². The second-order valence-electron chi connectivity index (χ2n) is 8.28. The zero-order chi connectivity index (χ0) is 18.0. The van der Waals surface area contributed by atoms with Gasteiger partial charge in [-0.2, -0.15) is 5.26 Å². The minimum Gasteiger partial charge on any atom is -0.481 e. The van der Waals surface area contributed by atoms with Gasteiger partial charge >= 0.3 is 5.97 Å². The van der Waals surface area contributed by atoms with E-state index in [9.17, 15) is 9.90 Å². The largest absolute Gasteiger partial charge is 0.481 e. The molecule has 0 bridgehead atoms. The van der Waals surface area contributed by atoms with Crippen LogP contribution in [0.5, 0.6) is 0 Å². The molecule has 0 saturated heterocycles. The van der Waals surface area contributed by atoms with Crippen LogP contribution in [0, 0.1) is 23.2 Å². The van der Waals surface area contributed by atoms with Crippen LogP contribution in [0.1, 0.15) is 100.0 Å². The molecular formula is C20H28N2O3. The lowest BCUT2D eigenvalue weighted by Gasteiger charge is -2.35. The molecule has 0 aromatic carbocycles. The van der Waals surface area contributed by atoms with Crippen molar-refractivity contribution in [3.63, 3.8) is 0 Å². The van der Waals surface area contributed by atoms with Crippen LogP contribution in [-0.4, -0.2) is 16.2 Å². The summed E-state index contributed by atoms with van der Waals surface area (Å²) in [6.45, 7) is 4.53. The van der Waals surface area contributed by atoms with Gasteiger partial charge in [0.2, 0.25) is 0 Å². The van der Waals surface area contributed by atoms with Crippen LogP contribution in [-0.2, 0) is 4.79 Å². The maximum atomic E-state index is 11.3. The number of hydrogen-bond donors (Lipinski definition) is 1. The van der Waals surface area contributed by atoms with Gasteiger partial charge in [-0.15, -0.1) is 0 Å². The zero-order valence-electron chi connectivity index (χ0n) is 15.2. The minimum atomic E-state index is -0.838. The summed E-state index contributed by atoms with van der Waals surface area (Å²) in [4.78, 5) is 11.3. The van der Waals surface area contributed by atoms with Gasteiger partial charge in [-0.05, 0) is 56.3 Å². The molecule has 2 fully saturated rings. The number of aliphatic carboxylic acids is 1. The van der Waals surface area contributed by atoms with Crippen LogP contribution in [0.4, 0.5) is 0 Å². The van der Waals surface area contributed by atoms with Crippen molar-refractivity contribution in [3.8, 4) is 6.07 Å². The van der Waals surface area contributed by atoms with E-state index in [0.717, 1.165) is 49.0 Å². The molecule has 136 valence electrons. The standard InChI is InChI=1S/C20H28N2O3/c1-12(2)8-13-9-16(10-13)20-18(14-5-6-14)19(22-25-20)15(4-3-7-21)11-17(23)24/h12-16H,3-6,8-11H2,1-2H3,(H,23,24)/t13-,15-,16+/m0/s1. The quantitative estimate of drug-likeness (QED) is 0.684. The van der Waals surface area contributed by atoms with Crippen molar-refractivity contribution in [1.29, 1.82) is 5.26 Å². The third-order valence-corrected chi connectivity index (χ3v) is 5.59. The molecule has 1 atom stereocenters. The number of nitrogens with zero attached hydrogens (tertiary/aromatic N) is 2. The Morgan fingerprint density at radius 1 is 1.36 bits per heavy atom. The number of nitriles is 1. The fourth-order valence-corrected chi connectivity index (χ4v) is 4.29. The average molecular weight is 344 g/mol. The molecule has 1 aromatic rings. The summed E-state index contributed by atoms with van der Waals surface area (Å²) in [5.41, 5.74) is 2.01. The second kappa shape index (κ2) is 7.59. The first-order valence-electron chi connectivity index (χ1n) is 9.57. The molecule has 1 aromatic heterocycles. The normalized spacial score (nSPS) is 23.9. The monoisotopic (exact) mass is 344 g/mol. The molecule has 0 amide bonds. The molecule has 5 nitrogen and oxygen atoms in total. The highest BCUT2D eigenvalue weighted by molar-refractivity contribution is 5.68. The molecular weight excluding hydrogens is 316 g/mol. The van der Waals surface area contributed by atoms with Crippen molar-refractivity contribution in [3.05, 3.63) is 17.0 Å². The van der Waals surface area contributed by atoms with Crippen molar-refractivity contribution in [2.24, 2.45) is 11.8 Å². The second-order valence-corrected chi connectivity index (χ2v) is 8.28. The lowest BCUT2D eigenvalue weighted by Crippen LogP contribution is -2.23. The van der Waals surface area contributed by atoms with E-state index in [4.69, 9.17) is 9.78 Å². The molecule has 5 heteroatoms. The highest BCUT2D eigenvalue weighted by Crippen LogP contribution is 2.52. The summed E-state index contributed by atoms with van der Waals surface area (Å²) in [6.07, 6.45) is 6.78. The summed E-state index contributed by atoms with van der Waals surface area (Å²) in [5, 5.41) is 22.5. The van der Waals surface area contributed by atoms with Crippen LogP contribution in [0.3, 0.4) is 0 Å². The van der Waals surface area contributed by atoms with Crippen LogP contribution in [0.2, 0.25) is 0 Å². The molecule has 2 aliphatic rings. The smallest absolute Gasteiger partial charge is 0.304 e. The van der Waals surface area contributed by atoms with E-state index in [1.54, 1.807) is 0 Å². The van der Waals surface area contributed by atoms with E-state index in [1.807, 2.05) is 0 Å². The van der Waals surface area contributed by atoms with Crippen molar-refractivity contribution >= 4 is 5.97 Å². The van der Waals surface area contributed by atoms with Gasteiger partial charge in [0.1, 0.15) is 5.76 Å². The Kier molecular flexibility index (Phi) is 5.46. The Balaban J connectivity index is 1.78. The van der Waals surface area contributed by atoms with Gasteiger partial charge in [0.05, 0.1) is 18.2 Å². The molecule has 0 radical (unpaired) electrons. The fraction of sp³-hybridized carbons (Fsp3) is 0.750. The lowest BCUT2D eigenvalue weighted by atomic mass is 9.69. The molecule has 0 unspecified atom stereocenters. The summed E-state index contributed by atoms with van der Waals surface area (Å²) in [7, 11) is 0. The SMILES string of the molecule is CC(C)C[C@H]1C[C@@H](c2onc([C@@H](CCC#N)CC(=O)O)c2C2CC2)C1. The first kappa shape index (κ1) is 18.0. The average Bonchev–Trinajstić information content (AvgIpc) is 3.25. The Hall–Kier alpha value is -1.83. The van der Waals surface area contributed by atoms with Crippen molar-refractivity contribution < 1.29 is 14.4 Å².